The average Bonchev–Trinajstić information content (AvgIpc) is 2.66. The standard InChI is InChI=1S/C22H29BO9/c1-13(2)29-22(27)31-15(4)30-21(26)19-10-6-8-16-11-17(23(28)32-20(16)19)12-18(25)9-5-7-14(3)24/h6,8,10,13,15,17,28H,5,7,9,11-12H2,1-4H3/t15?,17-/m1/s1. The quantitative estimate of drug-likeness (QED) is 0.326. The fraction of sp³-hybridized carbons (Fsp3) is 0.545. The Bertz CT molecular complexity index is 852. The molecule has 32 heavy (non-hydrogen) atoms. The van der Waals surface area contributed by atoms with Gasteiger partial charge < -0.3 is 28.7 Å². The van der Waals surface area contributed by atoms with Crippen molar-refractivity contribution >= 4 is 30.8 Å². The summed E-state index contributed by atoms with van der Waals surface area (Å²) < 4.78 is 20.4. The molecule has 174 valence electrons. The van der Waals surface area contributed by atoms with Crippen LogP contribution in [0, 0.1) is 0 Å². The van der Waals surface area contributed by atoms with Crippen molar-refractivity contribution in [2.24, 2.45) is 0 Å². The third kappa shape index (κ3) is 7.67. The molecule has 1 aromatic rings. The van der Waals surface area contributed by atoms with Gasteiger partial charge in [0, 0.05) is 32.0 Å². The predicted molar refractivity (Wildman–Crippen MR) is 114 cm³/mol. The molecule has 0 fully saturated rings. The number of hydrogen-bond donors (Lipinski definition) is 1. The molecule has 10 heteroatoms. The second-order valence-electron chi connectivity index (χ2n) is 8.07. The molecule has 2 rings (SSSR count). The number of para-hydroxylation sites is 1. The third-order valence-corrected chi connectivity index (χ3v) is 4.78. The van der Waals surface area contributed by atoms with Gasteiger partial charge in [-0.1, -0.05) is 12.1 Å². The summed E-state index contributed by atoms with van der Waals surface area (Å²) in [6.07, 6.45) is -0.999. The van der Waals surface area contributed by atoms with Gasteiger partial charge in [0.25, 0.3) is 0 Å². The fourth-order valence-corrected chi connectivity index (χ4v) is 3.34. The van der Waals surface area contributed by atoms with Crippen LogP contribution < -0.4 is 4.65 Å². The van der Waals surface area contributed by atoms with Crippen LogP contribution in [0.15, 0.2) is 18.2 Å². The maximum Gasteiger partial charge on any atom is 0.526 e. The molecule has 1 N–H and O–H groups in total. The highest BCUT2D eigenvalue weighted by molar-refractivity contribution is 6.47. The molecular formula is C22H29BO9. The van der Waals surface area contributed by atoms with Gasteiger partial charge in [-0.15, -0.1) is 0 Å². The average molecular weight is 448 g/mol. The zero-order chi connectivity index (χ0) is 23.8. The maximum absolute atomic E-state index is 12.6. The summed E-state index contributed by atoms with van der Waals surface area (Å²) in [5.74, 6) is -1.12. The van der Waals surface area contributed by atoms with E-state index in [0.717, 1.165) is 0 Å². The van der Waals surface area contributed by atoms with Crippen molar-refractivity contribution in [2.75, 3.05) is 0 Å². The Morgan fingerprint density at radius 1 is 1.12 bits per heavy atom. The van der Waals surface area contributed by atoms with Crippen LogP contribution in [-0.4, -0.2) is 48.2 Å². The van der Waals surface area contributed by atoms with Gasteiger partial charge in [-0.3, -0.25) is 4.79 Å². The first-order valence-electron chi connectivity index (χ1n) is 10.6. The van der Waals surface area contributed by atoms with E-state index in [2.05, 4.69) is 0 Å². The minimum absolute atomic E-state index is 0.0312. The van der Waals surface area contributed by atoms with Gasteiger partial charge in [0.2, 0.25) is 6.29 Å². The monoisotopic (exact) mass is 448 g/mol. The number of benzene rings is 1. The molecule has 1 aliphatic heterocycles. The van der Waals surface area contributed by atoms with E-state index < -0.39 is 31.4 Å². The number of carbonyl (C=O) groups excluding carboxylic acids is 4. The molecule has 1 unspecified atom stereocenters. The number of carbonyl (C=O) groups is 4. The van der Waals surface area contributed by atoms with Crippen molar-refractivity contribution < 1.29 is 43.1 Å². The van der Waals surface area contributed by atoms with Gasteiger partial charge in [-0.05, 0) is 45.2 Å². The lowest BCUT2D eigenvalue weighted by molar-refractivity contribution is -0.119. The second-order valence-corrected chi connectivity index (χ2v) is 8.07. The highest BCUT2D eigenvalue weighted by atomic mass is 16.8. The van der Waals surface area contributed by atoms with E-state index in [-0.39, 0.29) is 41.8 Å². The molecular weight excluding hydrogens is 419 g/mol. The SMILES string of the molecule is CC(=O)CCCC(=O)C[C@H]1Cc2cccc(C(=O)OC(C)OC(=O)OC(C)C)c2OB1O. The molecule has 2 atom stereocenters. The Kier molecular flexibility index (Phi) is 9.25. The number of esters is 1. The van der Waals surface area contributed by atoms with Crippen molar-refractivity contribution in [1.29, 1.82) is 0 Å². The van der Waals surface area contributed by atoms with E-state index in [1.54, 1.807) is 26.0 Å². The normalized spacial score (nSPS) is 15.9. The number of rotatable bonds is 10. The van der Waals surface area contributed by atoms with Crippen LogP contribution in [0.25, 0.3) is 0 Å². The van der Waals surface area contributed by atoms with Crippen LogP contribution in [0.2, 0.25) is 5.82 Å². The maximum atomic E-state index is 12.6. The lowest BCUT2D eigenvalue weighted by atomic mass is 9.64. The van der Waals surface area contributed by atoms with Crippen LogP contribution in [0.5, 0.6) is 5.75 Å². The number of fused-ring (bicyclic) bond motifs is 1. The summed E-state index contributed by atoms with van der Waals surface area (Å²) >= 11 is 0. The van der Waals surface area contributed by atoms with Gasteiger partial charge in [0.15, 0.2) is 0 Å². The molecule has 0 amide bonds. The predicted octanol–water partition coefficient (Wildman–Crippen LogP) is 3.26. The molecule has 0 radical (unpaired) electrons. The molecule has 0 saturated heterocycles. The number of hydrogen-bond acceptors (Lipinski definition) is 9. The highest BCUT2D eigenvalue weighted by Crippen LogP contribution is 2.37. The summed E-state index contributed by atoms with van der Waals surface area (Å²) in [6.45, 7) is 6.17. The summed E-state index contributed by atoms with van der Waals surface area (Å²) in [7, 11) is -1.28. The van der Waals surface area contributed by atoms with Crippen LogP contribution >= 0.6 is 0 Å². The first kappa shape index (κ1) is 25.4. The molecule has 0 saturated carbocycles. The first-order chi connectivity index (χ1) is 15.1. The van der Waals surface area contributed by atoms with Crippen molar-refractivity contribution in [2.45, 2.75) is 78.0 Å². The Morgan fingerprint density at radius 2 is 1.84 bits per heavy atom. The molecule has 0 aliphatic carbocycles. The Hall–Kier alpha value is -2.88. The minimum atomic E-state index is -1.28. The molecule has 1 aliphatic rings. The summed E-state index contributed by atoms with van der Waals surface area (Å²) in [5.41, 5.74) is 0.722. The Balaban J connectivity index is 2.00. The molecule has 0 spiro atoms. The van der Waals surface area contributed by atoms with E-state index in [0.29, 0.717) is 24.8 Å². The van der Waals surface area contributed by atoms with Gasteiger partial charge in [0.1, 0.15) is 22.9 Å². The molecule has 9 nitrogen and oxygen atoms in total. The van der Waals surface area contributed by atoms with Crippen molar-refractivity contribution in [3.8, 4) is 5.75 Å². The minimum Gasteiger partial charge on any atom is -0.535 e. The smallest absolute Gasteiger partial charge is 0.526 e. The Morgan fingerprint density at radius 3 is 2.50 bits per heavy atom. The number of Topliss-reactive ketones (excluding diaryl/α,β-unsaturated/α-hetero) is 2. The third-order valence-electron chi connectivity index (χ3n) is 4.78. The number of ketones is 2. The van der Waals surface area contributed by atoms with Crippen LogP contribution in [-0.2, 0) is 30.2 Å². The van der Waals surface area contributed by atoms with E-state index in [4.69, 9.17) is 18.9 Å². The highest BCUT2D eigenvalue weighted by Gasteiger charge is 2.38. The second kappa shape index (κ2) is 11.7. The Labute approximate surface area is 187 Å². The zero-order valence-electron chi connectivity index (χ0n) is 18.8. The van der Waals surface area contributed by atoms with Gasteiger partial charge in [-0.2, -0.15) is 0 Å². The summed E-state index contributed by atoms with van der Waals surface area (Å²) in [5, 5.41) is 10.4. The largest absolute Gasteiger partial charge is 0.535 e. The van der Waals surface area contributed by atoms with Gasteiger partial charge >= 0.3 is 19.2 Å². The van der Waals surface area contributed by atoms with Crippen LogP contribution in [0.4, 0.5) is 4.79 Å². The molecule has 1 aromatic carbocycles. The van der Waals surface area contributed by atoms with E-state index in [9.17, 15) is 24.2 Å². The summed E-state index contributed by atoms with van der Waals surface area (Å²) in [4.78, 5) is 47.3. The summed E-state index contributed by atoms with van der Waals surface area (Å²) in [6, 6.07) is 4.85. The van der Waals surface area contributed by atoms with E-state index >= 15 is 0 Å². The van der Waals surface area contributed by atoms with Crippen molar-refractivity contribution in [3.05, 3.63) is 29.3 Å². The van der Waals surface area contributed by atoms with Crippen LogP contribution in [0.1, 0.15) is 69.3 Å². The lowest BCUT2D eigenvalue weighted by Crippen LogP contribution is -2.36. The molecule has 0 aromatic heterocycles. The molecule has 0 bridgehead atoms. The fourth-order valence-electron chi connectivity index (χ4n) is 3.34. The van der Waals surface area contributed by atoms with Crippen molar-refractivity contribution in [3.63, 3.8) is 0 Å². The zero-order valence-corrected chi connectivity index (χ0v) is 18.8. The van der Waals surface area contributed by atoms with Gasteiger partial charge in [-0.25, -0.2) is 9.59 Å². The van der Waals surface area contributed by atoms with E-state index in [1.165, 1.54) is 19.9 Å². The van der Waals surface area contributed by atoms with Crippen molar-refractivity contribution in [1.82, 2.24) is 0 Å². The van der Waals surface area contributed by atoms with E-state index in [1.807, 2.05) is 0 Å². The lowest BCUT2D eigenvalue weighted by Gasteiger charge is -2.28. The van der Waals surface area contributed by atoms with Gasteiger partial charge in [0.05, 0.1) is 6.10 Å². The first-order valence-corrected chi connectivity index (χ1v) is 10.6. The number of ether oxygens (including phenoxy) is 3. The molecule has 1 heterocycles. The van der Waals surface area contributed by atoms with Crippen LogP contribution in [0.3, 0.4) is 0 Å². The topological polar surface area (TPSA) is 125 Å².